The Kier molecular flexibility index (Phi) is 3.73. The van der Waals surface area contributed by atoms with Gasteiger partial charge in [0.2, 0.25) is 0 Å². The first-order valence-corrected chi connectivity index (χ1v) is 4.30. The number of ether oxygens (including phenoxy) is 1. The van der Waals surface area contributed by atoms with Crippen LogP contribution >= 0.6 is 0 Å². The molecule has 0 aliphatic heterocycles. The Hall–Kier alpha value is -2.21. The second kappa shape index (κ2) is 5.04. The van der Waals surface area contributed by atoms with Crippen molar-refractivity contribution in [2.24, 2.45) is 0 Å². The van der Waals surface area contributed by atoms with Gasteiger partial charge in [-0.15, -0.1) is 0 Å². The molecule has 16 heavy (non-hydrogen) atoms. The van der Waals surface area contributed by atoms with Gasteiger partial charge in [-0.3, -0.25) is 10.7 Å². The normalized spacial score (nSPS) is 10.4. The van der Waals surface area contributed by atoms with Crippen LogP contribution < -0.4 is 10.2 Å². The molecular formula is C10H11NO5. The zero-order valence-corrected chi connectivity index (χ0v) is 8.47. The third-order valence-corrected chi connectivity index (χ3v) is 1.86. The van der Waals surface area contributed by atoms with Crippen LogP contribution in [0.15, 0.2) is 18.2 Å². The van der Waals surface area contributed by atoms with E-state index in [4.69, 9.17) is 15.1 Å². The van der Waals surface area contributed by atoms with Gasteiger partial charge in [-0.05, 0) is 23.8 Å². The second-order valence-electron chi connectivity index (χ2n) is 2.90. The number of phenols is 1. The van der Waals surface area contributed by atoms with Gasteiger partial charge in [0, 0.05) is 6.08 Å². The number of benzene rings is 1. The molecule has 0 aliphatic carbocycles. The fourth-order valence-corrected chi connectivity index (χ4v) is 1.13. The maximum absolute atomic E-state index is 10.3. The van der Waals surface area contributed by atoms with Gasteiger partial charge in [0.15, 0.2) is 11.5 Å². The van der Waals surface area contributed by atoms with Crippen molar-refractivity contribution in [3.63, 3.8) is 0 Å². The monoisotopic (exact) mass is 225 g/mol. The molecule has 1 aromatic rings. The number of carbonyl (C=O) groups is 1. The summed E-state index contributed by atoms with van der Waals surface area (Å²) in [5, 5.41) is 26.7. The Morgan fingerprint density at radius 1 is 1.50 bits per heavy atom. The van der Waals surface area contributed by atoms with E-state index in [9.17, 15) is 9.90 Å². The number of phenolic OH excluding ortho intramolecular Hbond substituents is 1. The van der Waals surface area contributed by atoms with E-state index >= 15 is 0 Å². The third-order valence-electron chi connectivity index (χ3n) is 1.86. The van der Waals surface area contributed by atoms with Crippen molar-refractivity contribution >= 4 is 17.7 Å². The second-order valence-corrected chi connectivity index (χ2v) is 2.90. The molecule has 0 heterocycles. The van der Waals surface area contributed by atoms with E-state index in [0.717, 1.165) is 6.08 Å². The molecule has 0 aliphatic rings. The molecule has 6 nitrogen and oxygen atoms in total. The van der Waals surface area contributed by atoms with E-state index < -0.39 is 5.97 Å². The first-order chi connectivity index (χ1) is 7.58. The van der Waals surface area contributed by atoms with Crippen LogP contribution in [0.2, 0.25) is 0 Å². The topological polar surface area (TPSA) is 99.0 Å². The number of rotatable bonds is 4. The van der Waals surface area contributed by atoms with E-state index in [2.05, 4.69) is 0 Å². The molecule has 0 amide bonds. The smallest absolute Gasteiger partial charge is 0.328 e. The zero-order chi connectivity index (χ0) is 12.1. The van der Waals surface area contributed by atoms with E-state index in [-0.39, 0.29) is 17.2 Å². The Labute approximate surface area is 91.4 Å². The quantitative estimate of drug-likeness (QED) is 0.350. The number of nitrogens with one attached hydrogen (secondary N) is 1. The summed E-state index contributed by atoms with van der Waals surface area (Å²) in [5.74, 6) is -1.22. The van der Waals surface area contributed by atoms with Crippen LogP contribution in [0.25, 0.3) is 6.08 Å². The summed E-state index contributed by atoms with van der Waals surface area (Å²) >= 11 is 0. The highest BCUT2D eigenvalue weighted by Crippen LogP contribution is 2.35. The Morgan fingerprint density at radius 2 is 2.19 bits per heavy atom. The van der Waals surface area contributed by atoms with Gasteiger partial charge < -0.3 is 14.9 Å². The lowest BCUT2D eigenvalue weighted by molar-refractivity contribution is -0.131. The highest BCUT2D eigenvalue weighted by molar-refractivity contribution is 5.86. The average molecular weight is 225 g/mol. The van der Waals surface area contributed by atoms with Crippen LogP contribution in [0.1, 0.15) is 5.56 Å². The summed E-state index contributed by atoms with van der Waals surface area (Å²) < 4.78 is 4.85. The van der Waals surface area contributed by atoms with Gasteiger partial charge in [0.05, 0.1) is 7.11 Å². The average Bonchev–Trinajstić information content (AvgIpc) is 2.27. The summed E-state index contributed by atoms with van der Waals surface area (Å²) in [7, 11) is 1.35. The highest BCUT2D eigenvalue weighted by atomic mass is 16.5. The molecule has 0 aromatic heterocycles. The van der Waals surface area contributed by atoms with Gasteiger partial charge in [0.1, 0.15) is 5.69 Å². The van der Waals surface area contributed by atoms with Gasteiger partial charge >= 0.3 is 5.97 Å². The summed E-state index contributed by atoms with van der Waals surface area (Å²) in [4.78, 5) is 10.3. The minimum atomic E-state index is -1.09. The van der Waals surface area contributed by atoms with Crippen molar-refractivity contribution in [1.29, 1.82) is 0 Å². The molecule has 1 aromatic carbocycles. The van der Waals surface area contributed by atoms with Crippen molar-refractivity contribution in [3.8, 4) is 11.5 Å². The molecule has 0 bridgehead atoms. The number of aromatic hydroxyl groups is 1. The highest BCUT2D eigenvalue weighted by Gasteiger charge is 2.08. The molecule has 0 saturated carbocycles. The third kappa shape index (κ3) is 2.64. The summed E-state index contributed by atoms with van der Waals surface area (Å²) in [5.41, 5.74) is 2.28. The minimum absolute atomic E-state index is 0.0318. The number of carboxylic acid groups (broad SMARTS) is 1. The predicted molar refractivity (Wildman–Crippen MR) is 56.7 cm³/mol. The van der Waals surface area contributed by atoms with Crippen molar-refractivity contribution < 1.29 is 25.0 Å². The van der Waals surface area contributed by atoms with Gasteiger partial charge in [-0.25, -0.2) is 4.79 Å². The standard InChI is InChI=1S/C10H11NO5/c1-16-8-5-6(2-3-9(12)13)4-7(11-15)10(8)14/h2-5,11,14-15H,1H3,(H,12,13)/b3-2+. The maximum Gasteiger partial charge on any atom is 0.328 e. The summed E-state index contributed by atoms with van der Waals surface area (Å²) in [6, 6.07) is 2.81. The minimum Gasteiger partial charge on any atom is -0.503 e. The van der Waals surface area contributed by atoms with Crippen LogP contribution in [0.3, 0.4) is 0 Å². The number of carboxylic acids is 1. The van der Waals surface area contributed by atoms with E-state index in [1.807, 2.05) is 0 Å². The van der Waals surface area contributed by atoms with E-state index in [1.165, 1.54) is 25.3 Å². The number of hydrogen-bond acceptors (Lipinski definition) is 5. The number of aliphatic carboxylic acids is 1. The predicted octanol–water partition coefficient (Wildman–Crippen LogP) is 1.30. The number of methoxy groups -OCH3 is 1. The fourth-order valence-electron chi connectivity index (χ4n) is 1.13. The van der Waals surface area contributed by atoms with Crippen LogP contribution in [0.5, 0.6) is 11.5 Å². The molecular weight excluding hydrogens is 214 g/mol. The number of anilines is 1. The lowest BCUT2D eigenvalue weighted by Gasteiger charge is -2.09. The van der Waals surface area contributed by atoms with Gasteiger partial charge in [-0.1, -0.05) is 0 Å². The van der Waals surface area contributed by atoms with Crippen LogP contribution in [-0.4, -0.2) is 28.5 Å². The molecule has 1 rings (SSSR count). The molecule has 0 fully saturated rings. The Balaban J connectivity index is 3.16. The molecule has 0 unspecified atom stereocenters. The van der Waals surface area contributed by atoms with Crippen molar-refractivity contribution in [3.05, 3.63) is 23.8 Å². The van der Waals surface area contributed by atoms with Crippen molar-refractivity contribution in [2.45, 2.75) is 0 Å². The SMILES string of the molecule is COc1cc(/C=C/C(=O)O)cc(NO)c1O. The lowest BCUT2D eigenvalue weighted by atomic mass is 10.1. The first-order valence-electron chi connectivity index (χ1n) is 4.30. The Morgan fingerprint density at radius 3 is 2.69 bits per heavy atom. The first kappa shape index (κ1) is 11.9. The molecule has 86 valence electrons. The molecule has 0 atom stereocenters. The molecule has 6 heteroatoms. The van der Waals surface area contributed by atoms with Gasteiger partial charge in [-0.2, -0.15) is 0 Å². The van der Waals surface area contributed by atoms with Crippen molar-refractivity contribution in [2.75, 3.05) is 12.6 Å². The molecule has 0 spiro atoms. The van der Waals surface area contributed by atoms with E-state index in [1.54, 1.807) is 5.48 Å². The molecule has 4 N–H and O–H groups in total. The fraction of sp³-hybridized carbons (Fsp3) is 0.100. The molecule has 0 saturated heterocycles. The van der Waals surface area contributed by atoms with Crippen LogP contribution in [0.4, 0.5) is 5.69 Å². The van der Waals surface area contributed by atoms with Gasteiger partial charge in [0.25, 0.3) is 0 Å². The van der Waals surface area contributed by atoms with Crippen molar-refractivity contribution in [1.82, 2.24) is 0 Å². The zero-order valence-electron chi connectivity index (χ0n) is 8.47. The number of hydrogen-bond donors (Lipinski definition) is 4. The summed E-state index contributed by atoms with van der Waals surface area (Å²) in [6.07, 6.45) is 2.25. The summed E-state index contributed by atoms with van der Waals surface area (Å²) in [6.45, 7) is 0. The van der Waals surface area contributed by atoms with E-state index in [0.29, 0.717) is 5.56 Å². The lowest BCUT2D eigenvalue weighted by Crippen LogP contribution is -1.94. The maximum atomic E-state index is 10.3. The largest absolute Gasteiger partial charge is 0.503 e. The molecule has 0 radical (unpaired) electrons. The Bertz CT molecular complexity index is 402. The van der Waals surface area contributed by atoms with Crippen LogP contribution in [-0.2, 0) is 4.79 Å². The van der Waals surface area contributed by atoms with Crippen LogP contribution in [0, 0.1) is 0 Å².